The van der Waals surface area contributed by atoms with E-state index >= 15 is 0 Å². The molecule has 2 aromatic carbocycles. The quantitative estimate of drug-likeness (QED) is 0.621. The number of rotatable bonds is 4. The molecule has 0 aliphatic carbocycles. The minimum atomic E-state index is -0.406. The summed E-state index contributed by atoms with van der Waals surface area (Å²) in [4.78, 5) is 30.4. The lowest BCUT2D eigenvalue weighted by molar-refractivity contribution is -0.120. The van der Waals surface area contributed by atoms with Gasteiger partial charge in [0.25, 0.3) is 11.8 Å². The largest absolute Gasteiger partial charge is 0.496 e. The number of carbonyl (C=O) groups is 2. The lowest BCUT2D eigenvalue weighted by Gasteiger charge is -2.33. The monoisotopic (exact) mass is 444 g/mol. The van der Waals surface area contributed by atoms with Crippen molar-refractivity contribution in [3.8, 4) is 5.75 Å². The highest BCUT2D eigenvalue weighted by molar-refractivity contribution is 6.46. The van der Waals surface area contributed by atoms with E-state index in [9.17, 15) is 9.59 Å². The van der Waals surface area contributed by atoms with Crippen LogP contribution in [0.1, 0.15) is 25.3 Å². The maximum absolute atomic E-state index is 13.6. The Morgan fingerprint density at radius 3 is 2.40 bits per heavy atom. The highest BCUT2D eigenvalue weighted by Crippen LogP contribution is 2.40. The maximum Gasteiger partial charge on any atom is 0.282 e. The van der Waals surface area contributed by atoms with Crippen LogP contribution in [0.4, 0.5) is 5.69 Å². The Bertz CT molecular complexity index is 1030. The Morgan fingerprint density at radius 1 is 1.03 bits per heavy atom. The molecule has 1 atom stereocenters. The number of likely N-dealkylation sites (tertiary alicyclic amines) is 1. The molecule has 0 saturated carbocycles. The van der Waals surface area contributed by atoms with Crippen LogP contribution in [0.3, 0.4) is 0 Å². The number of methoxy groups -OCH3 is 1. The molecule has 2 aliphatic heterocycles. The van der Waals surface area contributed by atoms with Crippen LogP contribution in [0.25, 0.3) is 5.57 Å². The second-order valence-corrected chi connectivity index (χ2v) is 8.56. The summed E-state index contributed by atoms with van der Waals surface area (Å²) in [6.07, 6.45) is 2.07. The number of hydrogen-bond donors (Lipinski definition) is 0. The van der Waals surface area contributed by atoms with Crippen molar-refractivity contribution < 1.29 is 14.3 Å². The standard InChI is InChI=1S/C23H22Cl2N2O3/c1-14-6-5-9-26(13-14)21-20(18-7-3-4-8-19(18)30-2)22(28)27(23(21)29)17-11-15(24)10-16(25)12-17/h3-4,7-8,10-12,14H,5-6,9,13H2,1-2H3. The number of piperidine rings is 1. The number of hydrogen-bond acceptors (Lipinski definition) is 4. The van der Waals surface area contributed by atoms with E-state index < -0.39 is 5.91 Å². The fraction of sp³-hybridized carbons (Fsp3) is 0.304. The van der Waals surface area contributed by atoms with Gasteiger partial charge in [0.15, 0.2) is 0 Å². The number of carbonyl (C=O) groups excluding carboxylic acids is 2. The lowest BCUT2D eigenvalue weighted by Crippen LogP contribution is -2.39. The van der Waals surface area contributed by atoms with Crippen LogP contribution in [0, 0.1) is 5.92 Å². The number of benzene rings is 2. The number of ether oxygens (including phenoxy) is 1. The normalized spacial score (nSPS) is 19.7. The van der Waals surface area contributed by atoms with E-state index in [-0.39, 0.29) is 5.91 Å². The lowest BCUT2D eigenvalue weighted by atomic mass is 9.97. The predicted octanol–water partition coefficient (Wildman–Crippen LogP) is 5.02. The first kappa shape index (κ1) is 20.8. The minimum absolute atomic E-state index is 0.350. The predicted molar refractivity (Wildman–Crippen MR) is 119 cm³/mol. The van der Waals surface area contributed by atoms with Gasteiger partial charge in [0, 0.05) is 28.7 Å². The first-order chi connectivity index (χ1) is 14.4. The van der Waals surface area contributed by atoms with Crippen LogP contribution in [-0.4, -0.2) is 36.9 Å². The first-order valence-electron chi connectivity index (χ1n) is 9.88. The number of para-hydroxylation sites is 1. The molecule has 156 valence electrons. The fourth-order valence-electron chi connectivity index (χ4n) is 4.20. The Hall–Kier alpha value is -2.50. The van der Waals surface area contributed by atoms with Crippen molar-refractivity contribution in [2.45, 2.75) is 19.8 Å². The summed E-state index contributed by atoms with van der Waals surface area (Å²) in [6.45, 7) is 3.60. The fourth-order valence-corrected chi connectivity index (χ4v) is 4.72. The van der Waals surface area contributed by atoms with Crippen molar-refractivity contribution in [2.24, 2.45) is 5.92 Å². The topological polar surface area (TPSA) is 49.9 Å². The van der Waals surface area contributed by atoms with Crippen LogP contribution >= 0.6 is 23.2 Å². The van der Waals surface area contributed by atoms with Gasteiger partial charge in [-0.1, -0.05) is 48.3 Å². The van der Waals surface area contributed by atoms with Gasteiger partial charge >= 0.3 is 0 Å². The van der Waals surface area contributed by atoms with E-state index in [1.807, 2.05) is 17.0 Å². The molecule has 4 rings (SSSR count). The zero-order valence-corrected chi connectivity index (χ0v) is 18.3. The van der Waals surface area contributed by atoms with Crippen LogP contribution in [0.15, 0.2) is 48.2 Å². The highest BCUT2D eigenvalue weighted by atomic mass is 35.5. The van der Waals surface area contributed by atoms with E-state index in [1.54, 1.807) is 37.4 Å². The van der Waals surface area contributed by atoms with Crippen LogP contribution in [0.5, 0.6) is 5.75 Å². The number of imide groups is 1. The molecule has 0 radical (unpaired) electrons. The van der Waals surface area contributed by atoms with Crippen molar-refractivity contribution in [1.29, 1.82) is 0 Å². The third-order valence-electron chi connectivity index (χ3n) is 5.51. The molecular formula is C23H22Cl2N2O3. The van der Waals surface area contributed by atoms with Crippen molar-refractivity contribution in [2.75, 3.05) is 25.1 Å². The Morgan fingerprint density at radius 2 is 1.73 bits per heavy atom. The summed E-state index contributed by atoms with van der Waals surface area (Å²) in [7, 11) is 1.55. The van der Waals surface area contributed by atoms with Gasteiger partial charge in [-0.3, -0.25) is 9.59 Å². The van der Waals surface area contributed by atoms with Gasteiger partial charge < -0.3 is 9.64 Å². The van der Waals surface area contributed by atoms with Gasteiger partial charge in [-0.25, -0.2) is 4.90 Å². The highest BCUT2D eigenvalue weighted by Gasteiger charge is 2.44. The van der Waals surface area contributed by atoms with E-state index in [2.05, 4.69) is 6.92 Å². The summed E-state index contributed by atoms with van der Waals surface area (Å²) in [6, 6.07) is 12.0. The second-order valence-electron chi connectivity index (χ2n) is 7.69. The number of amides is 2. The summed E-state index contributed by atoms with van der Waals surface area (Å²) in [5.74, 6) is 0.203. The molecular weight excluding hydrogens is 423 g/mol. The zero-order valence-electron chi connectivity index (χ0n) is 16.8. The van der Waals surface area contributed by atoms with Crippen molar-refractivity contribution in [3.05, 3.63) is 63.8 Å². The Labute approximate surface area is 185 Å². The van der Waals surface area contributed by atoms with Crippen LogP contribution in [-0.2, 0) is 9.59 Å². The average Bonchev–Trinajstić information content (AvgIpc) is 2.97. The summed E-state index contributed by atoms with van der Waals surface area (Å²) in [5, 5.41) is 0.717. The zero-order chi connectivity index (χ0) is 21.4. The smallest absolute Gasteiger partial charge is 0.282 e. The molecule has 0 aromatic heterocycles. The van der Waals surface area contributed by atoms with Gasteiger partial charge in [-0.2, -0.15) is 0 Å². The second kappa shape index (κ2) is 8.32. The summed E-state index contributed by atoms with van der Waals surface area (Å²) >= 11 is 12.3. The molecule has 7 heteroatoms. The van der Waals surface area contributed by atoms with E-state index in [0.717, 1.165) is 30.8 Å². The van der Waals surface area contributed by atoms with Crippen molar-refractivity contribution >= 4 is 46.3 Å². The van der Waals surface area contributed by atoms with Gasteiger partial charge in [-0.05, 0) is 43.0 Å². The van der Waals surface area contributed by atoms with E-state index in [4.69, 9.17) is 27.9 Å². The molecule has 30 heavy (non-hydrogen) atoms. The Kier molecular flexibility index (Phi) is 5.76. The summed E-state index contributed by atoms with van der Waals surface area (Å²) in [5.41, 5.74) is 1.71. The van der Waals surface area contributed by atoms with E-state index in [1.165, 1.54) is 0 Å². The first-order valence-corrected chi connectivity index (χ1v) is 10.6. The van der Waals surface area contributed by atoms with Crippen LogP contribution < -0.4 is 9.64 Å². The average molecular weight is 445 g/mol. The molecule has 0 N–H and O–H groups in total. The molecule has 1 fully saturated rings. The SMILES string of the molecule is COc1ccccc1C1=C(N2CCCC(C)C2)C(=O)N(c2cc(Cl)cc(Cl)c2)C1=O. The molecule has 2 amide bonds. The molecule has 0 spiro atoms. The van der Waals surface area contributed by atoms with Crippen molar-refractivity contribution in [3.63, 3.8) is 0 Å². The van der Waals surface area contributed by atoms with E-state index in [0.29, 0.717) is 44.2 Å². The third-order valence-corrected chi connectivity index (χ3v) is 5.95. The minimum Gasteiger partial charge on any atom is -0.496 e. The third kappa shape index (κ3) is 3.68. The molecule has 2 aromatic rings. The van der Waals surface area contributed by atoms with Crippen molar-refractivity contribution in [1.82, 2.24) is 4.90 Å². The molecule has 1 unspecified atom stereocenters. The number of halogens is 2. The van der Waals surface area contributed by atoms with Gasteiger partial charge in [0.1, 0.15) is 11.4 Å². The summed E-state index contributed by atoms with van der Waals surface area (Å²) < 4.78 is 5.50. The van der Waals surface area contributed by atoms with Gasteiger partial charge in [-0.15, -0.1) is 0 Å². The molecule has 5 nitrogen and oxygen atoms in total. The Balaban J connectivity index is 1.88. The molecule has 0 bridgehead atoms. The molecule has 2 heterocycles. The number of nitrogens with zero attached hydrogens (tertiary/aromatic N) is 2. The van der Waals surface area contributed by atoms with Gasteiger partial charge in [0.05, 0.1) is 18.4 Å². The molecule has 1 saturated heterocycles. The maximum atomic E-state index is 13.6. The van der Waals surface area contributed by atoms with Crippen LogP contribution in [0.2, 0.25) is 10.0 Å². The number of anilines is 1. The molecule has 2 aliphatic rings. The van der Waals surface area contributed by atoms with Gasteiger partial charge in [0.2, 0.25) is 0 Å².